The first kappa shape index (κ1) is 21.5. The Morgan fingerprint density at radius 2 is 1.68 bits per heavy atom. The number of benzene rings is 2. The number of halogens is 1. The van der Waals surface area contributed by atoms with Crippen molar-refractivity contribution in [1.29, 1.82) is 0 Å². The van der Waals surface area contributed by atoms with Crippen LogP contribution in [0.1, 0.15) is 28.4 Å². The zero-order valence-electron chi connectivity index (χ0n) is 16.5. The fraction of sp³-hybridized carbons (Fsp3) is 0.182. The molecule has 2 aromatic carbocycles. The van der Waals surface area contributed by atoms with Crippen molar-refractivity contribution in [1.82, 2.24) is 4.98 Å². The molecule has 1 aliphatic rings. The lowest BCUT2D eigenvalue weighted by Gasteiger charge is -2.22. The molecule has 31 heavy (non-hydrogen) atoms. The Labute approximate surface area is 185 Å². The van der Waals surface area contributed by atoms with E-state index in [0.29, 0.717) is 29.4 Å². The summed E-state index contributed by atoms with van der Waals surface area (Å²) in [7, 11) is -3.96. The second-order valence-corrected chi connectivity index (χ2v) is 9.15. The van der Waals surface area contributed by atoms with Crippen LogP contribution in [-0.4, -0.2) is 32.4 Å². The van der Waals surface area contributed by atoms with E-state index in [1.165, 1.54) is 42.7 Å². The lowest BCUT2D eigenvalue weighted by atomic mass is 10.0. The van der Waals surface area contributed by atoms with Gasteiger partial charge in [0.05, 0.1) is 23.8 Å². The van der Waals surface area contributed by atoms with E-state index in [2.05, 4.69) is 9.71 Å². The predicted octanol–water partition coefficient (Wildman–Crippen LogP) is 3.99. The molecule has 9 heteroatoms. The summed E-state index contributed by atoms with van der Waals surface area (Å²) in [6, 6.07) is 13.7. The van der Waals surface area contributed by atoms with Gasteiger partial charge < -0.3 is 9.47 Å². The molecule has 4 rings (SSSR count). The molecule has 0 spiro atoms. The molecule has 0 atom stereocenters. The quantitative estimate of drug-likeness (QED) is 0.561. The molecule has 7 nitrogen and oxygen atoms in total. The summed E-state index contributed by atoms with van der Waals surface area (Å²) in [6.07, 6.45) is 2.98. The van der Waals surface area contributed by atoms with Crippen LogP contribution in [-0.2, 0) is 25.3 Å². The van der Waals surface area contributed by atoms with E-state index in [1.54, 1.807) is 31.2 Å². The second kappa shape index (κ2) is 8.39. The SMILES string of the molecule is CC1(c2ccc(S(=O)(=O)Nc3ccc(Cl)cc3C(=O)c3ccncc3)cc2)OCCO1. The Bertz CT molecular complexity index is 1210. The van der Waals surface area contributed by atoms with E-state index in [4.69, 9.17) is 21.1 Å². The van der Waals surface area contributed by atoms with E-state index in [-0.39, 0.29) is 21.9 Å². The van der Waals surface area contributed by atoms with E-state index < -0.39 is 15.8 Å². The van der Waals surface area contributed by atoms with Crippen LogP contribution in [0.2, 0.25) is 5.02 Å². The Morgan fingerprint density at radius 3 is 2.32 bits per heavy atom. The molecule has 1 fully saturated rings. The summed E-state index contributed by atoms with van der Waals surface area (Å²) in [4.78, 5) is 16.9. The topological polar surface area (TPSA) is 94.6 Å². The van der Waals surface area contributed by atoms with Crippen LogP contribution >= 0.6 is 11.6 Å². The highest BCUT2D eigenvalue weighted by molar-refractivity contribution is 7.92. The number of sulfonamides is 1. The van der Waals surface area contributed by atoms with E-state index in [1.807, 2.05) is 0 Å². The van der Waals surface area contributed by atoms with Crippen LogP contribution < -0.4 is 4.72 Å². The van der Waals surface area contributed by atoms with Crippen LogP contribution in [0.4, 0.5) is 5.69 Å². The molecule has 0 radical (unpaired) electrons. The summed E-state index contributed by atoms with van der Waals surface area (Å²) in [6.45, 7) is 2.73. The number of rotatable bonds is 6. The molecular formula is C22H19ClN2O5S. The predicted molar refractivity (Wildman–Crippen MR) is 116 cm³/mol. The normalized spacial score (nSPS) is 15.5. The molecule has 0 bridgehead atoms. The highest BCUT2D eigenvalue weighted by Crippen LogP contribution is 2.32. The molecule has 2 heterocycles. The average Bonchev–Trinajstić information content (AvgIpc) is 3.23. The molecule has 0 saturated carbocycles. The molecule has 3 aromatic rings. The summed E-state index contributed by atoms with van der Waals surface area (Å²) in [5.74, 6) is -1.27. The molecule has 160 valence electrons. The Balaban J connectivity index is 1.63. The number of ketones is 1. The van der Waals surface area contributed by atoms with Crippen molar-refractivity contribution in [3.05, 3.63) is 88.7 Å². The summed E-state index contributed by atoms with van der Waals surface area (Å²) < 4.78 is 39.7. The molecule has 1 aromatic heterocycles. The van der Waals surface area contributed by atoms with Crippen molar-refractivity contribution in [3.63, 3.8) is 0 Å². The van der Waals surface area contributed by atoms with Gasteiger partial charge in [0.1, 0.15) is 0 Å². The third kappa shape index (κ3) is 4.47. The Morgan fingerprint density at radius 1 is 1.03 bits per heavy atom. The first-order valence-electron chi connectivity index (χ1n) is 9.44. The largest absolute Gasteiger partial charge is 0.344 e. The molecule has 0 aliphatic carbocycles. The van der Waals surface area contributed by atoms with Crippen LogP contribution in [0.25, 0.3) is 0 Å². The number of carbonyl (C=O) groups excluding carboxylic acids is 1. The Kier molecular flexibility index (Phi) is 5.81. The maximum Gasteiger partial charge on any atom is 0.261 e. The van der Waals surface area contributed by atoms with Gasteiger partial charge in [-0.25, -0.2) is 8.42 Å². The standard InChI is InChI=1S/C22H19ClN2O5S/c1-22(29-12-13-30-22)16-2-5-18(6-3-16)31(27,28)25-20-7-4-17(23)14-19(20)21(26)15-8-10-24-11-9-15/h2-11,14,25H,12-13H2,1H3. The minimum absolute atomic E-state index is 0.0371. The lowest BCUT2D eigenvalue weighted by Crippen LogP contribution is -2.22. The molecule has 1 saturated heterocycles. The second-order valence-electron chi connectivity index (χ2n) is 7.03. The molecule has 1 N–H and O–H groups in total. The fourth-order valence-corrected chi connectivity index (χ4v) is 4.53. The van der Waals surface area contributed by atoms with Crippen molar-refractivity contribution in [2.45, 2.75) is 17.6 Å². The number of pyridine rings is 1. The van der Waals surface area contributed by atoms with E-state index >= 15 is 0 Å². The number of nitrogens with one attached hydrogen (secondary N) is 1. The van der Waals surface area contributed by atoms with Crippen LogP contribution in [0.15, 0.2) is 71.9 Å². The number of hydrogen-bond donors (Lipinski definition) is 1. The highest BCUT2D eigenvalue weighted by Gasteiger charge is 2.33. The zero-order chi connectivity index (χ0) is 22.1. The van der Waals surface area contributed by atoms with Gasteiger partial charge in [-0.05, 0) is 49.4 Å². The van der Waals surface area contributed by atoms with E-state index in [0.717, 1.165) is 0 Å². The summed E-state index contributed by atoms with van der Waals surface area (Å²) in [5.41, 5.74) is 1.35. The number of hydrogen-bond acceptors (Lipinski definition) is 6. The molecule has 1 aliphatic heterocycles. The van der Waals surface area contributed by atoms with Gasteiger partial charge in [0.25, 0.3) is 10.0 Å². The zero-order valence-corrected chi connectivity index (χ0v) is 18.1. The van der Waals surface area contributed by atoms with Gasteiger partial charge in [0.15, 0.2) is 11.6 Å². The smallest absolute Gasteiger partial charge is 0.261 e. The summed E-state index contributed by atoms with van der Waals surface area (Å²) in [5, 5.41) is 0.314. The maximum absolute atomic E-state index is 13.0. The minimum atomic E-state index is -3.96. The third-order valence-corrected chi connectivity index (χ3v) is 6.56. The fourth-order valence-electron chi connectivity index (χ4n) is 3.27. The van der Waals surface area contributed by atoms with Crippen molar-refractivity contribution < 1.29 is 22.7 Å². The minimum Gasteiger partial charge on any atom is -0.344 e. The number of nitrogens with zero attached hydrogens (tertiary/aromatic N) is 1. The van der Waals surface area contributed by atoms with Gasteiger partial charge in [-0.2, -0.15) is 0 Å². The summed E-state index contributed by atoms with van der Waals surface area (Å²) >= 11 is 6.06. The van der Waals surface area contributed by atoms with Gasteiger partial charge in [-0.15, -0.1) is 0 Å². The van der Waals surface area contributed by atoms with Gasteiger partial charge in [-0.1, -0.05) is 23.7 Å². The Hall–Kier alpha value is -2.78. The monoisotopic (exact) mass is 458 g/mol. The van der Waals surface area contributed by atoms with Crippen molar-refractivity contribution in [3.8, 4) is 0 Å². The van der Waals surface area contributed by atoms with E-state index in [9.17, 15) is 13.2 Å². The van der Waals surface area contributed by atoms with Gasteiger partial charge in [0, 0.05) is 34.1 Å². The molecule has 0 amide bonds. The first-order valence-corrected chi connectivity index (χ1v) is 11.3. The van der Waals surface area contributed by atoms with Crippen molar-refractivity contribution in [2.24, 2.45) is 0 Å². The van der Waals surface area contributed by atoms with Crippen LogP contribution in [0.5, 0.6) is 0 Å². The van der Waals surface area contributed by atoms with Crippen molar-refractivity contribution >= 4 is 33.1 Å². The molecular weight excluding hydrogens is 440 g/mol. The average molecular weight is 459 g/mol. The highest BCUT2D eigenvalue weighted by atomic mass is 35.5. The number of anilines is 1. The number of aromatic nitrogens is 1. The number of ether oxygens (including phenoxy) is 2. The van der Waals surface area contributed by atoms with Crippen molar-refractivity contribution in [2.75, 3.05) is 17.9 Å². The maximum atomic E-state index is 13.0. The van der Waals surface area contributed by atoms with Crippen LogP contribution in [0.3, 0.4) is 0 Å². The third-order valence-electron chi connectivity index (χ3n) is 4.94. The van der Waals surface area contributed by atoms with Crippen LogP contribution in [0, 0.1) is 0 Å². The first-order chi connectivity index (χ1) is 14.8. The lowest BCUT2D eigenvalue weighted by molar-refractivity contribution is -0.149. The van der Waals surface area contributed by atoms with Gasteiger partial charge >= 0.3 is 0 Å². The number of carbonyl (C=O) groups is 1. The molecule has 0 unspecified atom stereocenters. The van der Waals surface area contributed by atoms with Gasteiger partial charge in [0.2, 0.25) is 0 Å². The van der Waals surface area contributed by atoms with Gasteiger partial charge in [-0.3, -0.25) is 14.5 Å².